The van der Waals surface area contributed by atoms with Gasteiger partial charge in [0.15, 0.2) is 0 Å². The smallest absolute Gasteiger partial charge is 0.321 e. The number of carboxylic acids is 1. The fraction of sp³-hybridized carbons (Fsp3) is 0.571. The summed E-state index contributed by atoms with van der Waals surface area (Å²) in [6.45, 7) is 5.63. The minimum Gasteiger partial charge on any atom is -0.480 e. The molecular formula is C14H20N2O2. The van der Waals surface area contributed by atoms with Crippen LogP contribution in [0.4, 0.5) is 0 Å². The van der Waals surface area contributed by atoms with Gasteiger partial charge in [0.2, 0.25) is 0 Å². The molecule has 0 radical (unpaired) electrons. The Morgan fingerprint density at radius 3 is 2.78 bits per heavy atom. The van der Waals surface area contributed by atoms with E-state index in [-0.39, 0.29) is 5.41 Å². The maximum absolute atomic E-state index is 11.5. The molecule has 1 aromatic rings. The van der Waals surface area contributed by atoms with E-state index in [1.807, 2.05) is 26.0 Å². The summed E-state index contributed by atoms with van der Waals surface area (Å²) >= 11 is 0. The van der Waals surface area contributed by atoms with Crippen LogP contribution in [0.2, 0.25) is 0 Å². The van der Waals surface area contributed by atoms with E-state index in [0.29, 0.717) is 6.54 Å². The Morgan fingerprint density at radius 1 is 1.50 bits per heavy atom. The number of likely N-dealkylation sites (tertiary alicyclic amines) is 1. The van der Waals surface area contributed by atoms with E-state index in [0.717, 1.165) is 24.9 Å². The van der Waals surface area contributed by atoms with Crippen molar-refractivity contribution in [2.75, 3.05) is 6.54 Å². The van der Waals surface area contributed by atoms with Crippen molar-refractivity contribution in [3.63, 3.8) is 0 Å². The van der Waals surface area contributed by atoms with E-state index in [1.54, 1.807) is 12.4 Å². The van der Waals surface area contributed by atoms with Crippen LogP contribution in [0.1, 0.15) is 32.3 Å². The van der Waals surface area contributed by atoms with Gasteiger partial charge in [-0.2, -0.15) is 0 Å². The van der Waals surface area contributed by atoms with Crippen molar-refractivity contribution in [1.29, 1.82) is 0 Å². The maximum atomic E-state index is 11.5. The minimum atomic E-state index is -0.714. The van der Waals surface area contributed by atoms with Gasteiger partial charge in [0, 0.05) is 18.9 Å². The van der Waals surface area contributed by atoms with Crippen molar-refractivity contribution in [2.24, 2.45) is 5.41 Å². The Hall–Kier alpha value is -1.42. The molecule has 18 heavy (non-hydrogen) atoms. The molecular weight excluding hydrogens is 228 g/mol. The van der Waals surface area contributed by atoms with E-state index in [9.17, 15) is 9.90 Å². The lowest BCUT2D eigenvalue weighted by Gasteiger charge is -2.44. The average molecular weight is 248 g/mol. The summed E-state index contributed by atoms with van der Waals surface area (Å²) in [5, 5.41) is 9.47. The molecule has 0 aromatic carbocycles. The molecule has 4 nitrogen and oxygen atoms in total. The number of aliphatic carboxylic acids is 1. The number of piperidine rings is 1. The summed E-state index contributed by atoms with van der Waals surface area (Å²) in [6, 6.07) is 3.49. The van der Waals surface area contributed by atoms with E-state index >= 15 is 0 Å². The van der Waals surface area contributed by atoms with Crippen LogP contribution in [0.3, 0.4) is 0 Å². The Kier molecular flexibility index (Phi) is 3.66. The lowest BCUT2D eigenvalue weighted by molar-refractivity contribution is -0.151. The van der Waals surface area contributed by atoms with Crippen molar-refractivity contribution >= 4 is 5.97 Å². The van der Waals surface area contributed by atoms with Crippen LogP contribution < -0.4 is 0 Å². The van der Waals surface area contributed by atoms with Crippen LogP contribution >= 0.6 is 0 Å². The molecule has 2 rings (SSSR count). The lowest BCUT2D eigenvalue weighted by Crippen LogP contribution is -2.53. The molecule has 1 aliphatic heterocycles. The number of nitrogens with zero attached hydrogens (tertiary/aromatic N) is 2. The highest BCUT2D eigenvalue weighted by Crippen LogP contribution is 2.35. The van der Waals surface area contributed by atoms with E-state index in [2.05, 4.69) is 9.88 Å². The lowest BCUT2D eigenvalue weighted by atomic mass is 9.76. The molecule has 1 aliphatic rings. The molecule has 1 atom stereocenters. The number of carbonyl (C=O) groups is 1. The molecule has 1 saturated heterocycles. The first-order valence-electron chi connectivity index (χ1n) is 6.36. The van der Waals surface area contributed by atoms with Crippen LogP contribution in [0, 0.1) is 5.41 Å². The minimum absolute atomic E-state index is 0.170. The largest absolute Gasteiger partial charge is 0.480 e. The Labute approximate surface area is 108 Å². The first-order valence-corrected chi connectivity index (χ1v) is 6.36. The van der Waals surface area contributed by atoms with Crippen LogP contribution in [0.25, 0.3) is 0 Å². The molecule has 98 valence electrons. The quantitative estimate of drug-likeness (QED) is 0.890. The molecule has 1 N–H and O–H groups in total. The first kappa shape index (κ1) is 13.0. The van der Waals surface area contributed by atoms with Crippen molar-refractivity contribution in [2.45, 2.75) is 39.3 Å². The summed E-state index contributed by atoms with van der Waals surface area (Å²) in [4.78, 5) is 17.6. The van der Waals surface area contributed by atoms with Crippen molar-refractivity contribution in [3.05, 3.63) is 30.1 Å². The Balaban J connectivity index is 2.17. The second-order valence-electron chi connectivity index (χ2n) is 5.66. The van der Waals surface area contributed by atoms with Crippen LogP contribution in [0.15, 0.2) is 24.5 Å². The average Bonchev–Trinajstić information content (AvgIpc) is 2.28. The van der Waals surface area contributed by atoms with Gasteiger partial charge < -0.3 is 5.11 Å². The molecule has 1 unspecified atom stereocenters. The fourth-order valence-electron chi connectivity index (χ4n) is 2.88. The molecule has 4 heteroatoms. The van der Waals surface area contributed by atoms with Crippen LogP contribution in [0.5, 0.6) is 0 Å². The molecule has 1 aromatic heterocycles. The number of carboxylic acid groups (broad SMARTS) is 1. The van der Waals surface area contributed by atoms with E-state index in [1.165, 1.54) is 0 Å². The second kappa shape index (κ2) is 5.06. The molecule has 2 heterocycles. The van der Waals surface area contributed by atoms with Gasteiger partial charge in [-0.15, -0.1) is 0 Å². The second-order valence-corrected chi connectivity index (χ2v) is 5.66. The zero-order chi connectivity index (χ0) is 13.2. The standard InChI is InChI=1S/C14H20N2O2/c1-14(2)6-3-9-16(12(14)13(17)18)10-11-4-7-15-8-5-11/h4-5,7-8,12H,3,6,9-10H2,1-2H3,(H,17,18). The molecule has 0 spiro atoms. The predicted molar refractivity (Wildman–Crippen MR) is 69.1 cm³/mol. The topological polar surface area (TPSA) is 53.4 Å². The zero-order valence-electron chi connectivity index (χ0n) is 11.0. The van der Waals surface area contributed by atoms with E-state index < -0.39 is 12.0 Å². The normalized spacial score (nSPS) is 23.8. The third-order valence-corrected chi connectivity index (χ3v) is 3.74. The van der Waals surface area contributed by atoms with Gasteiger partial charge >= 0.3 is 5.97 Å². The number of aromatic nitrogens is 1. The van der Waals surface area contributed by atoms with Crippen LogP contribution in [-0.2, 0) is 11.3 Å². The highest BCUT2D eigenvalue weighted by Gasteiger charge is 2.42. The van der Waals surface area contributed by atoms with Gasteiger partial charge in [0.05, 0.1) is 0 Å². The summed E-state index contributed by atoms with van der Waals surface area (Å²) in [5.41, 5.74) is 0.950. The highest BCUT2D eigenvalue weighted by atomic mass is 16.4. The number of pyridine rings is 1. The number of rotatable bonds is 3. The van der Waals surface area contributed by atoms with Crippen molar-refractivity contribution < 1.29 is 9.90 Å². The summed E-state index contributed by atoms with van der Waals surface area (Å²) in [6.07, 6.45) is 5.53. The first-order chi connectivity index (χ1) is 8.50. The molecule has 0 bridgehead atoms. The number of hydrogen-bond acceptors (Lipinski definition) is 3. The summed E-state index contributed by atoms with van der Waals surface area (Å²) < 4.78 is 0. The van der Waals surface area contributed by atoms with Gasteiger partial charge in [-0.3, -0.25) is 14.7 Å². The zero-order valence-corrected chi connectivity index (χ0v) is 11.0. The van der Waals surface area contributed by atoms with Gasteiger partial charge in [-0.05, 0) is 42.5 Å². The van der Waals surface area contributed by atoms with Gasteiger partial charge in [0.1, 0.15) is 6.04 Å². The monoisotopic (exact) mass is 248 g/mol. The summed E-state index contributed by atoms with van der Waals surface area (Å²) in [7, 11) is 0. The van der Waals surface area contributed by atoms with Gasteiger partial charge in [-0.25, -0.2) is 0 Å². The van der Waals surface area contributed by atoms with Gasteiger partial charge in [-0.1, -0.05) is 13.8 Å². The molecule has 0 aliphatic carbocycles. The Morgan fingerprint density at radius 2 is 2.17 bits per heavy atom. The summed E-state index contributed by atoms with van der Waals surface area (Å²) in [5.74, 6) is -0.714. The van der Waals surface area contributed by atoms with Crippen molar-refractivity contribution in [3.8, 4) is 0 Å². The maximum Gasteiger partial charge on any atom is 0.321 e. The molecule has 1 fully saturated rings. The predicted octanol–water partition coefficient (Wildman–Crippen LogP) is 2.16. The number of hydrogen-bond donors (Lipinski definition) is 1. The highest BCUT2D eigenvalue weighted by molar-refractivity contribution is 5.74. The molecule has 0 saturated carbocycles. The van der Waals surface area contributed by atoms with E-state index in [4.69, 9.17) is 0 Å². The Bertz CT molecular complexity index is 417. The van der Waals surface area contributed by atoms with Crippen LogP contribution in [-0.4, -0.2) is 33.5 Å². The third-order valence-electron chi connectivity index (χ3n) is 3.74. The molecule has 0 amide bonds. The third kappa shape index (κ3) is 2.70. The SMILES string of the molecule is CC1(C)CCCN(Cc2ccncc2)C1C(=O)O. The van der Waals surface area contributed by atoms with Crippen molar-refractivity contribution in [1.82, 2.24) is 9.88 Å². The fourth-order valence-corrected chi connectivity index (χ4v) is 2.88. The van der Waals surface area contributed by atoms with Gasteiger partial charge in [0.25, 0.3) is 0 Å².